The van der Waals surface area contributed by atoms with Gasteiger partial charge in [-0.25, -0.2) is 4.99 Å². The van der Waals surface area contributed by atoms with Crippen LogP contribution in [0.15, 0.2) is 222 Å². The Balaban J connectivity index is 0.976. The molecule has 1 heterocycles. The topological polar surface area (TPSA) is 36.8 Å². The molecule has 4 aromatic carbocycles. The highest BCUT2D eigenvalue weighted by atomic mass is 15.1. The molecule has 3 heteroatoms. The van der Waals surface area contributed by atoms with Gasteiger partial charge in [-0.2, -0.15) is 0 Å². The lowest BCUT2D eigenvalue weighted by Crippen LogP contribution is -2.41. The maximum atomic E-state index is 5.46. The highest BCUT2D eigenvalue weighted by Crippen LogP contribution is 2.36. The first-order chi connectivity index (χ1) is 30.6. The Kier molecular flexibility index (Phi) is 12.8. The summed E-state index contributed by atoms with van der Waals surface area (Å²) in [5, 5.41) is 3.85. The van der Waals surface area contributed by atoms with Crippen molar-refractivity contribution in [1.82, 2.24) is 5.32 Å². The van der Waals surface area contributed by atoms with E-state index in [1.807, 2.05) is 6.08 Å². The summed E-state index contributed by atoms with van der Waals surface area (Å²) in [5.74, 6) is 2.67. The molecule has 6 atom stereocenters. The Morgan fingerprint density at radius 1 is 0.774 bits per heavy atom. The van der Waals surface area contributed by atoms with E-state index in [0.29, 0.717) is 17.8 Å². The third-order valence-corrected chi connectivity index (χ3v) is 13.0. The molecular formula is C59H57N3. The van der Waals surface area contributed by atoms with E-state index in [2.05, 4.69) is 213 Å². The number of allylic oxidation sites excluding steroid dienone is 14. The zero-order chi connectivity index (χ0) is 42.1. The molecule has 0 bridgehead atoms. The van der Waals surface area contributed by atoms with Gasteiger partial charge in [-0.1, -0.05) is 190 Å². The fourth-order valence-electron chi connectivity index (χ4n) is 9.53. The van der Waals surface area contributed by atoms with Gasteiger partial charge in [0.1, 0.15) is 5.84 Å². The van der Waals surface area contributed by atoms with Crippen LogP contribution in [0.25, 0.3) is 16.8 Å². The summed E-state index contributed by atoms with van der Waals surface area (Å²) in [6, 6.07) is 39.4. The SMILES string of the molecule is C=C/C(=N\C(c1ccccc1)C(C)Cc1ccccc1)c1cccc(C2=CC(c3cccc(C4=CC(C5=CCC(C6C=CC=CC6)C=C5)NC([C@H]5C=CC=CC5)=N4)c3)=CCC2)c1. The van der Waals surface area contributed by atoms with E-state index in [-0.39, 0.29) is 18.0 Å². The van der Waals surface area contributed by atoms with Crippen molar-refractivity contribution in [2.24, 2.45) is 33.7 Å². The van der Waals surface area contributed by atoms with E-state index >= 15 is 0 Å². The summed E-state index contributed by atoms with van der Waals surface area (Å²) >= 11 is 0. The standard InChI is InChI=1S/C59H57N3/c1-3-55(60-58(47-23-12-6-13-24-47)42(2)37-43-19-8-4-9-20-43)53-31-17-29-51(39-53)49-27-16-28-50(38-49)52-30-18-32-54(40-52)57-41-56(61-59(62-57)48-25-14-7-15-26-48)46-35-33-45(34-36-46)44-21-10-5-11-22-44/h3-15,17-21,23-25,28-33,35-36,38-42,44-45,48,56,58H,1,16,22,26-27,34,37H2,2H3,(H,61,62)/b60-55+/t42?,44?,45?,48-,56?,58?/m0/s1. The third-order valence-electron chi connectivity index (χ3n) is 13.0. The van der Waals surface area contributed by atoms with Crippen molar-refractivity contribution < 1.29 is 0 Å². The molecule has 0 aromatic heterocycles. The van der Waals surface area contributed by atoms with Crippen LogP contribution in [0.5, 0.6) is 0 Å². The molecule has 0 spiro atoms. The molecule has 1 aliphatic heterocycles. The van der Waals surface area contributed by atoms with Crippen molar-refractivity contribution >= 4 is 28.4 Å². The van der Waals surface area contributed by atoms with Crippen molar-refractivity contribution in [3.8, 4) is 0 Å². The van der Waals surface area contributed by atoms with Gasteiger partial charge in [0, 0.05) is 17.0 Å². The van der Waals surface area contributed by atoms with Crippen molar-refractivity contribution in [3.05, 3.63) is 246 Å². The van der Waals surface area contributed by atoms with Gasteiger partial charge < -0.3 is 5.32 Å². The summed E-state index contributed by atoms with van der Waals surface area (Å²) in [6.45, 7) is 6.57. The van der Waals surface area contributed by atoms with Crippen LogP contribution >= 0.6 is 0 Å². The highest BCUT2D eigenvalue weighted by molar-refractivity contribution is 6.09. The van der Waals surface area contributed by atoms with Gasteiger partial charge in [-0.05, 0) is 120 Å². The summed E-state index contributed by atoms with van der Waals surface area (Å²) in [7, 11) is 0. The smallest absolute Gasteiger partial charge is 0.110 e. The molecule has 0 saturated heterocycles. The molecule has 5 unspecified atom stereocenters. The van der Waals surface area contributed by atoms with Crippen LogP contribution in [0, 0.1) is 23.7 Å². The lowest BCUT2D eigenvalue weighted by atomic mass is 9.80. The normalized spacial score (nSPS) is 23.0. The first-order valence-electron chi connectivity index (χ1n) is 22.6. The molecule has 308 valence electrons. The van der Waals surface area contributed by atoms with Gasteiger partial charge in [0.2, 0.25) is 0 Å². The van der Waals surface area contributed by atoms with Crippen molar-refractivity contribution in [3.63, 3.8) is 0 Å². The number of nitrogens with one attached hydrogen (secondary N) is 1. The second kappa shape index (κ2) is 19.4. The van der Waals surface area contributed by atoms with Crippen LogP contribution in [0.2, 0.25) is 0 Å². The van der Waals surface area contributed by atoms with Crippen molar-refractivity contribution in [2.45, 2.75) is 57.5 Å². The molecule has 0 saturated carbocycles. The minimum absolute atomic E-state index is 0.00420. The fourth-order valence-corrected chi connectivity index (χ4v) is 9.53. The molecule has 4 aromatic rings. The monoisotopic (exact) mass is 807 g/mol. The molecule has 0 radical (unpaired) electrons. The Hall–Kier alpha value is -6.58. The van der Waals surface area contributed by atoms with E-state index in [4.69, 9.17) is 9.98 Å². The van der Waals surface area contributed by atoms with E-state index in [9.17, 15) is 0 Å². The molecule has 5 aliphatic rings. The average Bonchev–Trinajstić information content (AvgIpc) is 3.35. The highest BCUT2D eigenvalue weighted by Gasteiger charge is 2.27. The lowest BCUT2D eigenvalue weighted by molar-refractivity contribution is 0.471. The van der Waals surface area contributed by atoms with Crippen LogP contribution < -0.4 is 5.32 Å². The van der Waals surface area contributed by atoms with Gasteiger partial charge in [0.05, 0.1) is 23.5 Å². The second-order valence-electron chi connectivity index (χ2n) is 17.3. The maximum Gasteiger partial charge on any atom is 0.110 e. The van der Waals surface area contributed by atoms with Gasteiger partial charge in [-0.15, -0.1) is 0 Å². The summed E-state index contributed by atoms with van der Waals surface area (Å²) < 4.78 is 0. The van der Waals surface area contributed by atoms with E-state index in [0.717, 1.165) is 66.9 Å². The molecule has 4 aliphatic carbocycles. The number of rotatable bonds is 13. The largest absolute Gasteiger partial charge is 0.363 e. The Morgan fingerprint density at radius 2 is 1.53 bits per heavy atom. The van der Waals surface area contributed by atoms with Crippen molar-refractivity contribution in [1.29, 1.82) is 0 Å². The molecule has 9 rings (SSSR count). The fraction of sp³-hybridized carbons (Fsp3) is 0.220. The first kappa shape index (κ1) is 40.8. The molecule has 0 amide bonds. The van der Waals surface area contributed by atoms with Crippen LogP contribution in [0.1, 0.15) is 78.5 Å². The number of aliphatic imine (C=N–C) groups is 2. The maximum absolute atomic E-state index is 5.46. The number of hydrogen-bond donors (Lipinski definition) is 1. The molecule has 1 N–H and O–H groups in total. The van der Waals surface area contributed by atoms with Crippen LogP contribution in [-0.2, 0) is 6.42 Å². The zero-order valence-corrected chi connectivity index (χ0v) is 35.9. The van der Waals surface area contributed by atoms with Gasteiger partial charge in [0.25, 0.3) is 0 Å². The molecule has 0 fully saturated rings. The Morgan fingerprint density at radius 3 is 2.29 bits per heavy atom. The minimum atomic E-state index is -0.00420. The van der Waals surface area contributed by atoms with Crippen LogP contribution in [0.3, 0.4) is 0 Å². The van der Waals surface area contributed by atoms with E-state index in [1.54, 1.807) is 0 Å². The Labute approximate surface area is 369 Å². The molecular weight excluding hydrogens is 751 g/mol. The number of hydrogen-bond acceptors (Lipinski definition) is 3. The van der Waals surface area contributed by atoms with Gasteiger partial charge in [0.15, 0.2) is 0 Å². The summed E-state index contributed by atoms with van der Waals surface area (Å²) in [4.78, 5) is 10.8. The summed E-state index contributed by atoms with van der Waals surface area (Å²) in [5.41, 5.74) is 13.1. The third kappa shape index (κ3) is 9.64. The van der Waals surface area contributed by atoms with Gasteiger partial charge in [-0.3, -0.25) is 4.99 Å². The average molecular weight is 808 g/mol. The first-order valence-corrected chi connectivity index (χ1v) is 22.6. The predicted molar refractivity (Wildman–Crippen MR) is 264 cm³/mol. The molecule has 62 heavy (non-hydrogen) atoms. The zero-order valence-electron chi connectivity index (χ0n) is 35.9. The molecule has 3 nitrogen and oxygen atoms in total. The second-order valence-corrected chi connectivity index (χ2v) is 17.3. The number of nitrogens with zero attached hydrogens (tertiary/aromatic N) is 2. The quantitative estimate of drug-likeness (QED) is 0.134. The summed E-state index contributed by atoms with van der Waals surface area (Å²) in [6.07, 6.45) is 40.1. The number of amidine groups is 1. The minimum Gasteiger partial charge on any atom is -0.363 e. The van der Waals surface area contributed by atoms with E-state index < -0.39 is 0 Å². The van der Waals surface area contributed by atoms with Gasteiger partial charge >= 0.3 is 0 Å². The van der Waals surface area contributed by atoms with E-state index in [1.165, 1.54) is 39.0 Å². The predicted octanol–water partition coefficient (Wildman–Crippen LogP) is 14.0. The lowest BCUT2D eigenvalue weighted by Gasteiger charge is -2.31. The van der Waals surface area contributed by atoms with Crippen LogP contribution in [-0.4, -0.2) is 17.6 Å². The van der Waals surface area contributed by atoms with Crippen LogP contribution in [0.4, 0.5) is 0 Å². The van der Waals surface area contributed by atoms with Crippen molar-refractivity contribution in [2.75, 3.05) is 0 Å². The Bertz CT molecular complexity index is 2600. The number of benzene rings is 4.